The van der Waals surface area contributed by atoms with E-state index in [-0.39, 0.29) is 17.7 Å². The van der Waals surface area contributed by atoms with Crippen molar-refractivity contribution >= 4 is 29.1 Å². The number of benzene rings is 1. The molecule has 0 spiro atoms. The van der Waals surface area contributed by atoms with Gasteiger partial charge in [-0.1, -0.05) is 24.8 Å². The van der Waals surface area contributed by atoms with Crippen LogP contribution in [-0.2, 0) is 4.79 Å². The Morgan fingerprint density at radius 3 is 2.65 bits per heavy atom. The lowest BCUT2D eigenvalue weighted by molar-refractivity contribution is -0.125. The van der Waals surface area contributed by atoms with Crippen molar-refractivity contribution in [3.63, 3.8) is 0 Å². The number of amides is 2. The largest absolute Gasteiger partial charge is 0.369 e. The smallest absolute Gasteiger partial charge is 0.256 e. The Labute approximate surface area is 196 Å². The summed E-state index contributed by atoms with van der Waals surface area (Å²) < 4.78 is 1.82. The molecule has 1 aromatic carbocycles. The molecular formula is C25H23N7O2. The molecule has 0 aliphatic carbocycles. The van der Waals surface area contributed by atoms with E-state index in [1.807, 2.05) is 28.7 Å². The Bertz CT molecular complexity index is 1380. The van der Waals surface area contributed by atoms with Gasteiger partial charge in [0.25, 0.3) is 5.91 Å². The maximum absolute atomic E-state index is 12.6. The van der Waals surface area contributed by atoms with E-state index in [9.17, 15) is 9.59 Å². The first-order valence-electron chi connectivity index (χ1n) is 10.9. The molecule has 1 aliphatic rings. The number of aromatic nitrogens is 4. The molecule has 0 bridgehead atoms. The molecule has 0 radical (unpaired) electrons. The van der Waals surface area contributed by atoms with Gasteiger partial charge in [0.05, 0.1) is 11.2 Å². The molecule has 170 valence electrons. The van der Waals surface area contributed by atoms with Gasteiger partial charge in [-0.3, -0.25) is 14.0 Å². The zero-order valence-electron chi connectivity index (χ0n) is 18.4. The lowest BCUT2D eigenvalue weighted by Crippen LogP contribution is -2.26. The highest BCUT2D eigenvalue weighted by molar-refractivity contribution is 6.04. The van der Waals surface area contributed by atoms with Crippen molar-refractivity contribution in [3.05, 3.63) is 84.8 Å². The Morgan fingerprint density at radius 1 is 1.09 bits per heavy atom. The van der Waals surface area contributed by atoms with Crippen LogP contribution in [0.2, 0.25) is 0 Å². The second kappa shape index (κ2) is 8.78. The summed E-state index contributed by atoms with van der Waals surface area (Å²) in [6.07, 6.45) is 5.43. The highest BCUT2D eigenvalue weighted by Crippen LogP contribution is 2.33. The zero-order valence-corrected chi connectivity index (χ0v) is 18.4. The second-order valence-corrected chi connectivity index (χ2v) is 8.06. The molecule has 0 saturated carbocycles. The number of hydrogen-bond acceptors (Lipinski definition) is 6. The predicted molar refractivity (Wildman–Crippen MR) is 129 cm³/mol. The van der Waals surface area contributed by atoms with E-state index >= 15 is 0 Å². The highest BCUT2D eigenvalue weighted by Gasteiger charge is 2.30. The van der Waals surface area contributed by atoms with Gasteiger partial charge >= 0.3 is 0 Å². The number of nitrogen functional groups attached to an aromatic ring is 1. The molecule has 4 aromatic rings. The highest BCUT2D eigenvalue weighted by atomic mass is 16.2. The number of likely N-dealkylation sites (tertiary alicyclic amines) is 1. The maximum Gasteiger partial charge on any atom is 0.256 e. The van der Waals surface area contributed by atoms with Crippen molar-refractivity contribution < 1.29 is 9.59 Å². The maximum atomic E-state index is 12.6. The molecule has 4 heterocycles. The number of pyridine rings is 1. The average molecular weight is 454 g/mol. The van der Waals surface area contributed by atoms with Crippen molar-refractivity contribution in [3.8, 4) is 11.4 Å². The van der Waals surface area contributed by atoms with Crippen LogP contribution in [0, 0.1) is 0 Å². The minimum atomic E-state index is -0.252. The molecular weight excluding hydrogens is 430 g/mol. The Balaban J connectivity index is 1.46. The number of nitrogens with two attached hydrogens (primary N) is 1. The van der Waals surface area contributed by atoms with E-state index < -0.39 is 0 Å². The van der Waals surface area contributed by atoms with Crippen LogP contribution in [0.4, 0.5) is 11.8 Å². The Hall–Kier alpha value is -4.53. The first-order chi connectivity index (χ1) is 16.5. The number of fused-ring (bicyclic) bond motifs is 1. The van der Waals surface area contributed by atoms with Gasteiger partial charge in [0, 0.05) is 42.5 Å². The third kappa shape index (κ3) is 3.88. The summed E-state index contributed by atoms with van der Waals surface area (Å²) in [5.41, 5.74) is 9.26. The van der Waals surface area contributed by atoms with Crippen LogP contribution in [-0.4, -0.2) is 49.2 Å². The van der Waals surface area contributed by atoms with Crippen LogP contribution in [0.15, 0.2) is 73.6 Å². The van der Waals surface area contributed by atoms with Crippen LogP contribution in [0.25, 0.3) is 16.9 Å². The first-order valence-corrected chi connectivity index (χ1v) is 10.9. The lowest BCUT2D eigenvalue weighted by Gasteiger charge is -2.13. The number of rotatable bonds is 5. The van der Waals surface area contributed by atoms with E-state index in [0.717, 1.165) is 23.2 Å². The number of imidazole rings is 1. The fourth-order valence-electron chi connectivity index (χ4n) is 4.29. The third-order valence-corrected chi connectivity index (χ3v) is 5.98. The molecule has 3 N–H and O–H groups in total. The summed E-state index contributed by atoms with van der Waals surface area (Å²) >= 11 is 0. The molecule has 34 heavy (non-hydrogen) atoms. The summed E-state index contributed by atoms with van der Waals surface area (Å²) in [6.45, 7) is 4.82. The quantitative estimate of drug-likeness (QED) is 0.448. The molecule has 5 rings (SSSR count). The monoisotopic (exact) mass is 453 g/mol. The summed E-state index contributed by atoms with van der Waals surface area (Å²) in [6, 6.07) is 14.3. The summed E-state index contributed by atoms with van der Waals surface area (Å²) in [7, 11) is 0. The van der Waals surface area contributed by atoms with E-state index in [4.69, 9.17) is 10.7 Å². The van der Waals surface area contributed by atoms with Crippen LogP contribution >= 0.6 is 0 Å². The molecule has 1 fully saturated rings. The van der Waals surface area contributed by atoms with E-state index in [1.54, 1.807) is 41.6 Å². The van der Waals surface area contributed by atoms with Crippen LogP contribution in [0.5, 0.6) is 0 Å². The van der Waals surface area contributed by atoms with Gasteiger partial charge in [0.2, 0.25) is 11.9 Å². The predicted octanol–water partition coefficient (Wildman–Crippen LogP) is 3.13. The molecule has 0 unspecified atom stereocenters. The fraction of sp³-hybridized carbons (Fsp3) is 0.160. The number of carbonyl (C=O) groups excluding carboxylic acids is 2. The molecule has 9 nitrogen and oxygen atoms in total. The van der Waals surface area contributed by atoms with Crippen LogP contribution < -0.4 is 11.1 Å². The van der Waals surface area contributed by atoms with Gasteiger partial charge in [-0.2, -0.15) is 0 Å². The third-order valence-electron chi connectivity index (χ3n) is 5.98. The van der Waals surface area contributed by atoms with Crippen LogP contribution in [0.3, 0.4) is 0 Å². The number of hydrogen-bond donors (Lipinski definition) is 2. The zero-order chi connectivity index (χ0) is 23.7. The van der Waals surface area contributed by atoms with Gasteiger partial charge < -0.3 is 16.0 Å². The molecule has 3 aromatic heterocycles. The van der Waals surface area contributed by atoms with E-state index in [1.165, 1.54) is 6.08 Å². The lowest BCUT2D eigenvalue weighted by atomic mass is 10.0. The van der Waals surface area contributed by atoms with Gasteiger partial charge in [-0.15, -0.1) is 0 Å². The first kappa shape index (κ1) is 21.3. The second-order valence-electron chi connectivity index (χ2n) is 8.06. The van der Waals surface area contributed by atoms with E-state index in [2.05, 4.69) is 21.9 Å². The topological polar surface area (TPSA) is 119 Å². The van der Waals surface area contributed by atoms with Crippen molar-refractivity contribution in [2.45, 2.75) is 12.3 Å². The molecule has 9 heteroatoms. The molecule has 1 saturated heterocycles. The number of nitrogens with one attached hydrogen (secondary N) is 1. The standard InChI is InChI=1S/C25H23N7O2/c1-2-21(33)31-14-11-18(15-31)22-19-10-13-28-25(26)32(19)23(30-22)16-6-8-17(9-7-16)24(34)29-20-5-3-4-12-27-20/h2-10,12-13,18H,1,11,14-15H2,(H2,26,28)(H,27,29,34)/t18-/m1/s1. The number of nitrogens with zero attached hydrogens (tertiary/aromatic N) is 5. The van der Waals surface area contributed by atoms with Crippen LogP contribution in [0.1, 0.15) is 28.4 Å². The summed E-state index contributed by atoms with van der Waals surface area (Å²) in [5, 5.41) is 2.78. The van der Waals surface area contributed by atoms with Gasteiger partial charge in [0.1, 0.15) is 11.6 Å². The average Bonchev–Trinajstić information content (AvgIpc) is 3.50. The molecule has 1 atom stereocenters. The van der Waals surface area contributed by atoms with Crippen molar-refractivity contribution in [1.29, 1.82) is 0 Å². The number of anilines is 2. The fourth-order valence-corrected chi connectivity index (χ4v) is 4.29. The van der Waals surface area contributed by atoms with Gasteiger partial charge in [-0.25, -0.2) is 15.0 Å². The normalized spacial score (nSPS) is 15.4. The van der Waals surface area contributed by atoms with Crippen molar-refractivity contribution in [1.82, 2.24) is 24.3 Å². The summed E-state index contributed by atoms with van der Waals surface area (Å²) in [4.78, 5) is 39.7. The molecule has 2 amide bonds. The minimum Gasteiger partial charge on any atom is -0.369 e. The van der Waals surface area contributed by atoms with Gasteiger partial charge in [-0.05, 0) is 42.8 Å². The molecule has 1 aliphatic heterocycles. The van der Waals surface area contributed by atoms with E-state index in [0.29, 0.717) is 36.2 Å². The van der Waals surface area contributed by atoms with Crippen molar-refractivity contribution in [2.75, 3.05) is 24.1 Å². The summed E-state index contributed by atoms with van der Waals surface area (Å²) in [5.74, 6) is 1.20. The Kier molecular flexibility index (Phi) is 5.51. The van der Waals surface area contributed by atoms with Gasteiger partial charge in [0.15, 0.2) is 0 Å². The SMILES string of the molecule is C=CC(=O)N1CC[C@@H](c2nc(-c3ccc(C(=O)Nc4ccccn4)cc3)n3c(N)nccc23)C1. The van der Waals surface area contributed by atoms with Crippen molar-refractivity contribution in [2.24, 2.45) is 0 Å². The number of carbonyl (C=O) groups is 2. The Morgan fingerprint density at radius 2 is 1.91 bits per heavy atom. The minimum absolute atomic E-state index is 0.0769.